The minimum absolute atomic E-state index is 0.322. The van der Waals surface area contributed by atoms with E-state index in [9.17, 15) is 0 Å². The van der Waals surface area contributed by atoms with E-state index >= 15 is 0 Å². The van der Waals surface area contributed by atoms with E-state index in [1.165, 1.54) is 29.5 Å². The highest BCUT2D eigenvalue weighted by Crippen LogP contribution is 2.27. The van der Waals surface area contributed by atoms with Crippen LogP contribution in [-0.4, -0.2) is 25.3 Å². The molecule has 0 bridgehead atoms. The molecule has 1 aliphatic heterocycles. The zero-order valence-electron chi connectivity index (χ0n) is 17.0. The van der Waals surface area contributed by atoms with Gasteiger partial charge in [0.15, 0.2) is 5.96 Å². The maximum atomic E-state index is 6.16. The van der Waals surface area contributed by atoms with Gasteiger partial charge < -0.3 is 20.5 Å². The van der Waals surface area contributed by atoms with E-state index in [4.69, 9.17) is 15.2 Å². The van der Waals surface area contributed by atoms with Gasteiger partial charge in [0.05, 0.1) is 19.3 Å². The molecule has 29 heavy (non-hydrogen) atoms. The lowest BCUT2D eigenvalue weighted by Gasteiger charge is -2.22. The van der Waals surface area contributed by atoms with Gasteiger partial charge in [-0.2, -0.15) is 0 Å². The molecule has 0 spiro atoms. The number of nitrogens with one attached hydrogen (secondary N) is 1. The highest BCUT2D eigenvalue weighted by molar-refractivity contribution is 5.93. The Balaban J connectivity index is 1.29. The van der Waals surface area contributed by atoms with Gasteiger partial charge >= 0.3 is 0 Å². The first kappa shape index (κ1) is 19.9. The van der Waals surface area contributed by atoms with Crippen molar-refractivity contribution in [2.24, 2.45) is 10.7 Å². The molecule has 1 aliphatic carbocycles. The summed E-state index contributed by atoms with van der Waals surface area (Å²) < 4.78 is 11.4. The molecule has 0 radical (unpaired) electrons. The molecule has 2 aromatic carbocycles. The Kier molecular flexibility index (Phi) is 6.80. The number of nitrogens with two attached hydrogens (primary N) is 1. The standard InChI is InChI=1S/C24H31N3O2/c25-24(27-23-7-3-5-20-4-1-2-6-22(20)23)26-16-18-8-10-19(11-9-18)17-29-21-12-14-28-15-13-21/h3,5,7-11,21H,1-2,4,6,12-17H2,(H3,25,26,27). The quantitative estimate of drug-likeness (QED) is 0.570. The Morgan fingerprint density at radius 3 is 2.62 bits per heavy atom. The number of ether oxygens (including phenoxy) is 2. The number of anilines is 1. The molecule has 2 aromatic rings. The number of rotatable bonds is 6. The van der Waals surface area contributed by atoms with E-state index in [0.29, 0.717) is 25.2 Å². The average molecular weight is 394 g/mol. The highest BCUT2D eigenvalue weighted by Gasteiger charge is 2.14. The van der Waals surface area contributed by atoms with Crippen molar-refractivity contribution in [1.82, 2.24) is 0 Å². The number of guanidine groups is 1. The highest BCUT2D eigenvalue weighted by atomic mass is 16.5. The van der Waals surface area contributed by atoms with Crippen LogP contribution in [0, 0.1) is 0 Å². The first-order valence-electron chi connectivity index (χ1n) is 10.7. The van der Waals surface area contributed by atoms with E-state index in [1.54, 1.807) is 0 Å². The molecule has 3 N–H and O–H groups in total. The Morgan fingerprint density at radius 1 is 1.03 bits per heavy atom. The van der Waals surface area contributed by atoms with Crippen LogP contribution in [0.15, 0.2) is 47.5 Å². The molecule has 154 valence electrons. The molecule has 0 amide bonds. The minimum atomic E-state index is 0.322. The summed E-state index contributed by atoms with van der Waals surface area (Å²) in [6.07, 6.45) is 7.09. The van der Waals surface area contributed by atoms with Crippen molar-refractivity contribution in [3.63, 3.8) is 0 Å². The van der Waals surface area contributed by atoms with Crippen LogP contribution in [0.1, 0.15) is 47.9 Å². The average Bonchev–Trinajstić information content (AvgIpc) is 2.78. The number of aliphatic imine (C=N–C) groups is 1. The summed E-state index contributed by atoms with van der Waals surface area (Å²) in [5, 5.41) is 3.31. The van der Waals surface area contributed by atoms with Crippen molar-refractivity contribution >= 4 is 11.6 Å². The molecule has 5 heteroatoms. The summed E-state index contributed by atoms with van der Waals surface area (Å²) in [7, 11) is 0. The predicted octanol–water partition coefficient (Wildman–Crippen LogP) is 4.19. The third-order valence-electron chi connectivity index (χ3n) is 5.77. The zero-order chi connectivity index (χ0) is 19.9. The molecule has 0 atom stereocenters. The summed E-state index contributed by atoms with van der Waals surface area (Å²) in [5.74, 6) is 0.468. The van der Waals surface area contributed by atoms with Crippen LogP contribution >= 0.6 is 0 Å². The van der Waals surface area contributed by atoms with Gasteiger partial charge in [-0.05, 0) is 66.8 Å². The summed E-state index contributed by atoms with van der Waals surface area (Å²) in [6.45, 7) is 2.83. The number of nitrogens with zero attached hydrogens (tertiary/aromatic N) is 1. The lowest BCUT2D eigenvalue weighted by molar-refractivity contribution is -0.0390. The van der Waals surface area contributed by atoms with Crippen molar-refractivity contribution in [2.45, 2.75) is 57.8 Å². The number of aryl methyl sites for hydroxylation is 1. The zero-order valence-corrected chi connectivity index (χ0v) is 17.0. The lowest BCUT2D eigenvalue weighted by Crippen LogP contribution is -2.24. The lowest BCUT2D eigenvalue weighted by atomic mass is 9.90. The van der Waals surface area contributed by atoms with Crippen LogP contribution in [0.5, 0.6) is 0 Å². The summed E-state index contributed by atoms with van der Waals surface area (Å²) in [6, 6.07) is 14.8. The normalized spacial score (nSPS) is 17.7. The second-order valence-electron chi connectivity index (χ2n) is 7.92. The Bertz CT molecular complexity index is 827. The van der Waals surface area contributed by atoms with Gasteiger partial charge in [-0.1, -0.05) is 36.4 Å². The second-order valence-corrected chi connectivity index (χ2v) is 7.92. The van der Waals surface area contributed by atoms with Crippen molar-refractivity contribution in [3.05, 3.63) is 64.7 Å². The molecule has 0 aromatic heterocycles. The maximum Gasteiger partial charge on any atom is 0.193 e. The summed E-state index contributed by atoms with van der Waals surface area (Å²) in [5.41, 5.74) is 12.4. The smallest absolute Gasteiger partial charge is 0.193 e. The van der Waals surface area contributed by atoms with Crippen LogP contribution in [0.25, 0.3) is 0 Å². The first-order valence-corrected chi connectivity index (χ1v) is 10.7. The summed E-state index contributed by atoms with van der Waals surface area (Å²) >= 11 is 0. The van der Waals surface area contributed by atoms with Crippen LogP contribution in [0.2, 0.25) is 0 Å². The summed E-state index contributed by atoms with van der Waals surface area (Å²) in [4.78, 5) is 4.53. The fourth-order valence-electron chi connectivity index (χ4n) is 4.05. The first-order chi connectivity index (χ1) is 14.3. The largest absolute Gasteiger partial charge is 0.381 e. The van der Waals surface area contributed by atoms with E-state index in [-0.39, 0.29) is 0 Å². The third-order valence-corrected chi connectivity index (χ3v) is 5.77. The van der Waals surface area contributed by atoms with Gasteiger partial charge in [0, 0.05) is 18.9 Å². The van der Waals surface area contributed by atoms with Crippen molar-refractivity contribution in [3.8, 4) is 0 Å². The molecule has 0 unspecified atom stereocenters. The van der Waals surface area contributed by atoms with Crippen LogP contribution in [0.3, 0.4) is 0 Å². The van der Waals surface area contributed by atoms with Gasteiger partial charge in [-0.15, -0.1) is 0 Å². The molecular weight excluding hydrogens is 362 g/mol. The van der Waals surface area contributed by atoms with E-state index in [2.05, 4.69) is 52.8 Å². The molecule has 1 saturated heterocycles. The monoisotopic (exact) mass is 393 g/mol. The van der Waals surface area contributed by atoms with Crippen molar-refractivity contribution in [1.29, 1.82) is 0 Å². The molecule has 5 nitrogen and oxygen atoms in total. The molecule has 2 aliphatic rings. The Morgan fingerprint density at radius 2 is 1.79 bits per heavy atom. The van der Waals surface area contributed by atoms with Gasteiger partial charge in [-0.3, -0.25) is 0 Å². The van der Waals surface area contributed by atoms with Gasteiger partial charge in [0.2, 0.25) is 0 Å². The van der Waals surface area contributed by atoms with Gasteiger partial charge in [-0.25, -0.2) is 4.99 Å². The van der Waals surface area contributed by atoms with Crippen molar-refractivity contribution < 1.29 is 9.47 Å². The van der Waals surface area contributed by atoms with Crippen LogP contribution in [0.4, 0.5) is 5.69 Å². The molecule has 4 rings (SSSR count). The number of hydrogen-bond acceptors (Lipinski definition) is 3. The topological polar surface area (TPSA) is 68.9 Å². The third kappa shape index (κ3) is 5.58. The second kappa shape index (κ2) is 9.90. The van der Waals surface area contributed by atoms with Crippen LogP contribution < -0.4 is 11.1 Å². The molecule has 1 heterocycles. The fourth-order valence-corrected chi connectivity index (χ4v) is 4.05. The van der Waals surface area contributed by atoms with E-state index < -0.39 is 0 Å². The SMILES string of the molecule is NC(=NCc1ccc(COC2CCOCC2)cc1)Nc1cccc2c1CCCC2. The van der Waals surface area contributed by atoms with Gasteiger partial charge in [0.25, 0.3) is 0 Å². The Labute approximate surface area is 173 Å². The maximum absolute atomic E-state index is 6.16. The van der Waals surface area contributed by atoms with E-state index in [1.807, 2.05) is 0 Å². The molecule has 1 fully saturated rings. The van der Waals surface area contributed by atoms with Crippen molar-refractivity contribution in [2.75, 3.05) is 18.5 Å². The molecular formula is C24H31N3O2. The van der Waals surface area contributed by atoms with Gasteiger partial charge in [0.1, 0.15) is 0 Å². The number of hydrogen-bond donors (Lipinski definition) is 2. The molecule has 0 saturated carbocycles. The predicted molar refractivity (Wildman–Crippen MR) is 117 cm³/mol. The number of fused-ring (bicyclic) bond motifs is 1. The minimum Gasteiger partial charge on any atom is -0.381 e. The van der Waals surface area contributed by atoms with Crippen LogP contribution in [-0.2, 0) is 35.5 Å². The number of benzene rings is 2. The Hall–Kier alpha value is -2.37. The fraction of sp³-hybridized carbons (Fsp3) is 0.458. The van der Waals surface area contributed by atoms with E-state index in [0.717, 1.165) is 50.1 Å².